The van der Waals surface area contributed by atoms with E-state index < -0.39 is 13.8 Å². The summed E-state index contributed by atoms with van der Waals surface area (Å²) >= 11 is 0. The van der Waals surface area contributed by atoms with Gasteiger partial charge in [0.05, 0.1) is 0 Å². The van der Waals surface area contributed by atoms with Crippen molar-refractivity contribution in [2.75, 3.05) is 0 Å². The van der Waals surface area contributed by atoms with Crippen molar-refractivity contribution in [3.63, 3.8) is 0 Å². The first-order chi connectivity index (χ1) is 4.96. The number of halogens is 1. The van der Waals surface area contributed by atoms with Crippen LogP contribution < -0.4 is 0 Å². The van der Waals surface area contributed by atoms with Crippen molar-refractivity contribution in [3.8, 4) is 0 Å². The van der Waals surface area contributed by atoms with Crippen LogP contribution in [-0.4, -0.2) is 13.2 Å². The molecule has 0 bridgehead atoms. The van der Waals surface area contributed by atoms with Crippen LogP contribution in [0.1, 0.15) is 13.3 Å². The molecule has 1 atom stereocenters. The van der Waals surface area contributed by atoms with Crippen LogP contribution in [0.2, 0.25) is 0 Å². The van der Waals surface area contributed by atoms with Gasteiger partial charge in [0.25, 0.3) is 0 Å². The maximum Gasteiger partial charge on any atom is 0.241 e. The summed E-state index contributed by atoms with van der Waals surface area (Å²) in [5.74, 6) is 0. The summed E-state index contributed by atoms with van der Waals surface area (Å²) in [6.45, 7) is 1.61. The van der Waals surface area contributed by atoms with E-state index in [4.69, 9.17) is 10.7 Å². The van der Waals surface area contributed by atoms with Crippen molar-refractivity contribution >= 4 is 19.7 Å². The smallest absolute Gasteiger partial charge is 0.211 e. The van der Waals surface area contributed by atoms with Crippen LogP contribution in [0.3, 0.4) is 0 Å². The predicted octanol–water partition coefficient (Wildman–Crippen LogP) is 1.83. The van der Waals surface area contributed by atoms with E-state index in [0.717, 1.165) is 0 Å². The molecule has 1 aliphatic rings. The molecule has 1 aliphatic carbocycles. The first-order valence-electron chi connectivity index (χ1n) is 3.24. The summed E-state index contributed by atoms with van der Waals surface area (Å²) < 4.78 is 21.1. The number of hydrogen-bond donors (Lipinski definition) is 0. The third kappa shape index (κ3) is 1.65. The molecule has 0 spiro atoms. The Hall–Kier alpha value is -0.280. The molecule has 62 valence electrons. The molecule has 11 heavy (non-hydrogen) atoms. The van der Waals surface area contributed by atoms with E-state index >= 15 is 0 Å². The van der Waals surface area contributed by atoms with E-state index in [9.17, 15) is 8.42 Å². The molecule has 0 N–H and O–H groups in total. The molecule has 0 aliphatic heterocycles. The third-order valence-corrected chi connectivity index (χ3v) is 4.25. The lowest BCUT2D eigenvalue weighted by molar-refractivity contribution is 0.578. The standard InChI is InChI=1S/C7H9ClO2S/c1-7(11(8,9)10)5-3-2-4-6-7/h2-5H,6H2,1H3. The van der Waals surface area contributed by atoms with Crippen LogP contribution in [-0.2, 0) is 9.05 Å². The van der Waals surface area contributed by atoms with Gasteiger partial charge in [0.1, 0.15) is 4.75 Å². The zero-order chi connectivity index (χ0) is 8.54. The second-order valence-corrected chi connectivity index (χ2v) is 5.77. The molecule has 1 unspecified atom stereocenters. The van der Waals surface area contributed by atoms with Gasteiger partial charge in [-0.15, -0.1) is 0 Å². The summed E-state index contributed by atoms with van der Waals surface area (Å²) in [7, 11) is 1.75. The average Bonchev–Trinajstić information content (AvgIpc) is 1.87. The summed E-state index contributed by atoms with van der Waals surface area (Å²) in [6, 6.07) is 0. The molecule has 1 rings (SSSR count). The fraction of sp³-hybridized carbons (Fsp3) is 0.429. The highest BCUT2D eigenvalue weighted by Crippen LogP contribution is 2.29. The Bertz CT molecular complexity index is 302. The van der Waals surface area contributed by atoms with Crippen molar-refractivity contribution in [3.05, 3.63) is 24.3 Å². The van der Waals surface area contributed by atoms with E-state index in [2.05, 4.69) is 0 Å². The maximum atomic E-state index is 11.0. The van der Waals surface area contributed by atoms with Crippen LogP contribution in [0.25, 0.3) is 0 Å². The summed E-state index contributed by atoms with van der Waals surface area (Å²) in [5.41, 5.74) is 0. The Morgan fingerprint density at radius 1 is 1.45 bits per heavy atom. The van der Waals surface area contributed by atoms with Crippen LogP contribution in [0.5, 0.6) is 0 Å². The van der Waals surface area contributed by atoms with Crippen LogP contribution in [0.15, 0.2) is 24.3 Å². The van der Waals surface area contributed by atoms with Crippen molar-refractivity contribution in [2.24, 2.45) is 0 Å². The lowest BCUT2D eigenvalue weighted by Gasteiger charge is -2.21. The van der Waals surface area contributed by atoms with Crippen molar-refractivity contribution < 1.29 is 8.42 Å². The summed E-state index contributed by atoms with van der Waals surface area (Å²) in [5, 5.41) is 0. The minimum atomic E-state index is -3.49. The quantitative estimate of drug-likeness (QED) is 0.594. The Morgan fingerprint density at radius 3 is 2.36 bits per heavy atom. The molecule has 0 aromatic carbocycles. The second-order valence-electron chi connectivity index (χ2n) is 2.74. The number of rotatable bonds is 1. The molecule has 4 heteroatoms. The van der Waals surface area contributed by atoms with Crippen molar-refractivity contribution in [1.29, 1.82) is 0 Å². The van der Waals surface area contributed by atoms with Gasteiger partial charge in [0, 0.05) is 10.7 Å². The SMILES string of the molecule is CC1(S(=O)(=O)Cl)C=CC=CC1. The monoisotopic (exact) mass is 192 g/mol. The fourth-order valence-corrected chi connectivity index (χ4v) is 1.77. The van der Waals surface area contributed by atoms with E-state index in [-0.39, 0.29) is 0 Å². The lowest BCUT2D eigenvalue weighted by atomic mass is 10.0. The fourth-order valence-electron chi connectivity index (χ4n) is 0.889. The largest absolute Gasteiger partial charge is 0.241 e. The van der Waals surface area contributed by atoms with Gasteiger partial charge in [-0.25, -0.2) is 8.42 Å². The van der Waals surface area contributed by atoms with E-state index in [1.165, 1.54) is 0 Å². The first kappa shape index (κ1) is 8.81. The van der Waals surface area contributed by atoms with Gasteiger partial charge in [-0.05, 0) is 13.3 Å². The van der Waals surface area contributed by atoms with Crippen LogP contribution >= 0.6 is 10.7 Å². The Balaban J connectivity index is 3.04. The van der Waals surface area contributed by atoms with Gasteiger partial charge in [-0.2, -0.15) is 0 Å². The normalized spacial score (nSPS) is 30.7. The van der Waals surface area contributed by atoms with Crippen molar-refractivity contribution in [2.45, 2.75) is 18.1 Å². The van der Waals surface area contributed by atoms with Gasteiger partial charge in [0.15, 0.2) is 0 Å². The minimum Gasteiger partial charge on any atom is -0.211 e. The molecule has 0 radical (unpaired) electrons. The van der Waals surface area contributed by atoms with E-state index in [0.29, 0.717) is 6.42 Å². The van der Waals surface area contributed by atoms with Gasteiger partial charge in [0.2, 0.25) is 9.05 Å². The average molecular weight is 193 g/mol. The molecule has 0 saturated carbocycles. The Kier molecular flexibility index (Phi) is 2.12. The lowest BCUT2D eigenvalue weighted by Crippen LogP contribution is -2.29. The van der Waals surface area contributed by atoms with Gasteiger partial charge in [-0.1, -0.05) is 24.3 Å². The number of hydrogen-bond acceptors (Lipinski definition) is 2. The van der Waals surface area contributed by atoms with Crippen LogP contribution in [0.4, 0.5) is 0 Å². The second kappa shape index (κ2) is 2.64. The molecule has 0 aromatic rings. The molecule has 0 amide bonds. The third-order valence-electron chi connectivity index (χ3n) is 1.78. The molecular weight excluding hydrogens is 184 g/mol. The molecule has 0 heterocycles. The molecular formula is C7H9ClO2S. The zero-order valence-corrected chi connectivity index (χ0v) is 7.69. The van der Waals surface area contributed by atoms with Gasteiger partial charge in [-0.3, -0.25) is 0 Å². The number of allylic oxidation sites excluding steroid dienone is 3. The first-order valence-corrected chi connectivity index (χ1v) is 5.55. The summed E-state index contributed by atoms with van der Waals surface area (Å²) in [4.78, 5) is 0. The molecule has 0 fully saturated rings. The highest BCUT2D eigenvalue weighted by Gasteiger charge is 2.34. The molecule has 0 aromatic heterocycles. The predicted molar refractivity (Wildman–Crippen MR) is 46.1 cm³/mol. The zero-order valence-electron chi connectivity index (χ0n) is 6.12. The topological polar surface area (TPSA) is 34.1 Å². The minimum absolute atomic E-state index is 0.454. The highest BCUT2D eigenvalue weighted by atomic mass is 35.7. The summed E-state index contributed by atoms with van der Waals surface area (Å²) in [6.07, 6.45) is 7.36. The van der Waals surface area contributed by atoms with Gasteiger partial charge >= 0.3 is 0 Å². The molecule has 2 nitrogen and oxygen atoms in total. The highest BCUT2D eigenvalue weighted by molar-refractivity contribution is 8.14. The van der Waals surface area contributed by atoms with Crippen LogP contribution in [0, 0.1) is 0 Å². The van der Waals surface area contributed by atoms with Crippen molar-refractivity contribution in [1.82, 2.24) is 0 Å². The Morgan fingerprint density at radius 2 is 2.09 bits per heavy atom. The van der Waals surface area contributed by atoms with Gasteiger partial charge < -0.3 is 0 Å². The van der Waals surface area contributed by atoms with E-state index in [1.807, 2.05) is 6.08 Å². The van der Waals surface area contributed by atoms with E-state index in [1.54, 1.807) is 25.2 Å². The Labute approximate surface area is 71.0 Å². The molecule has 0 saturated heterocycles. The maximum absolute atomic E-state index is 11.0.